The lowest BCUT2D eigenvalue weighted by molar-refractivity contribution is -0.170. The van der Waals surface area contributed by atoms with E-state index in [1.54, 1.807) is 46.2 Å². The van der Waals surface area contributed by atoms with Gasteiger partial charge in [-0.3, -0.25) is 14.4 Å². The van der Waals surface area contributed by atoms with Gasteiger partial charge in [0, 0.05) is 30.8 Å². The van der Waals surface area contributed by atoms with Gasteiger partial charge in [0.2, 0.25) is 11.8 Å². The number of urea groups is 1. The number of hydrogen-bond donors (Lipinski definition) is 1. The summed E-state index contributed by atoms with van der Waals surface area (Å²) in [6, 6.07) is 21.0. The summed E-state index contributed by atoms with van der Waals surface area (Å²) in [6.45, 7) is 2.29. The van der Waals surface area contributed by atoms with Crippen molar-refractivity contribution in [3.63, 3.8) is 0 Å². The molecule has 2 saturated heterocycles. The molecular formula is C32H33FN4O5. The van der Waals surface area contributed by atoms with E-state index in [0.29, 0.717) is 17.7 Å². The van der Waals surface area contributed by atoms with Crippen LogP contribution in [0.4, 0.5) is 14.9 Å². The molecule has 2 heterocycles. The molecule has 4 amide bonds. The average molecular weight is 573 g/mol. The minimum Gasteiger partial charge on any atom is -0.374 e. The number of anilines is 1. The third kappa shape index (κ3) is 6.66. The first kappa shape index (κ1) is 28.9. The number of ketones is 1. The summed E-state index contributed by atoms with van der Waals surface area (Å²) in [7, 11) is 0. The highest BCUT2D eigenvalue weighted by atomic mass is 19.1. The molecule has 0 saturated carbocycles. The number of carbonyl (C=O) groups is 4. The van der Waals surface area contributed by atoms with Crippen LogP contribution in [0.1, 0.15) is 34.8 Å². The summed E-state index contributed by atoms with van der Waals surface area (Å²) in [5, 5.41) is 2.86. The molecule has 218 valence electrons. The zero-order chi connectivity index (χ0) is 29.6. The van der Waals surface area contributed by atoms with Crippen molar-refractivity contribution in [3.8, 4) is 0 Å². The van der Waals surface area contributed by atoms with Crippen LogP contribution in [-0.4, -0.2) is 76.8 Å². The van der Waals surface area contributed by atoms with Crippen molar-refractivity contribution >= 4 is 29.3 Å². The highest BCUT2D eigenvalue weighted by molar-refractivity contribution is 5.96. The summed E-state index contributed by atoms with van der Waals surface area (Å²) in [5.74, 6) is -0.927. The van der Waals surface area contributed by atoms with Gasteiger partial charge in [-0.15, -0.1) is 0 Å². The number of Topliss-reactive ketones (excluding diaryl/α,β-unsaturated/α-hetero) is 1. The minimum atomic E-state index is -0.919. The number of halogens is 1. The molecular weight excluding hydrogens is 539 g/mol. The zero-order valence-electron chi connectivity index (χ0n) is 23.4. The summed E-state index contributed by atoms with van der Waals surface area (Å²) in [5.41, 5.74) is 2.71. The molecule has 9 nitrogen and oxygen atoms in total. The third-order valence-corrected chi connectivity index (χ3v) is 7.60. The quantitative estimate of drug-likeness (QED) is 0.390. The molecule has 0 unspecified atom stereocenters. The number of nitrogens with zero attached hydrogens (tertiary/aromatic N) is 3. The number of ether oxygens (including phenoxy) is 1. The van der Waals surface area contributed by atoms with Gasteiger partial charge in [0.15, 0.2) is 5.78 Å². The number of amides is 4. The van der Waals surface area contributed by atoms with Crippen LogP contribution in [0.25, 0.3) is 0 Å². The Bertz CT molecular complexity index is 1450. The maximum atomic E-state index is 13.8. The molecule has 5 rings (SSSR count). The second-order valence-corrected chi connectivity index (χ2v) is 10.5. The van der Waals surface area contributed by atoms with Crippen molar-refractivity contribution in [3.05, 3.63) is 101 Å². The van der Waals surface area contributed by atoms with E-state index in [9.17, 15) is 23.6 Å². The fourth-order valence-corrected chi connectivity index (χ4v) is 5.39. The van der Waals surface area contributed by atoms with Crippen LogP contribution in [0.15, 0.2) is 78.9 Å². The van der Waals surface area contributed by atoms with Gasteiger partial charge in [-0.25, -0.2) is 9.18 Å². The lowest BCUT2D eigenvalue weighted by Crippen LogP contribution is -2.72. The Morgan fingerprint density at radius 3 is 2.43 bits per heavy atom. The fraction of sp³-hybridized carbons (Fsp3) is 0.312. The van der Waals surface area contributed by atoms with Gasteiger partial charge in [0.05, 0.1) is 19.8 Å². The van der Waals surface area contributed by atoms with Gasteiger partial charge in [-0.1, -0.05) is 42.5 Å². The summed E-state index contributed by atoms with van der Waals surface area (Å²) >= 11 is 0. The Kier molecular flexibility index (Phi) is 8.92. The van der Waals surface area contributed by atoms with Gasteiger partial charge in [-0.05, 0) is 60.9 Å². The molecule has 2 aliphatic rings. The van der Waals surface area contributed by atoms with Gasteiger partial charge in [0.25, 0.3) is 0 Å². The Morgan fingerprint density at radius 2 is 1.71 bits per heavy atom. The van der Waals surface area contributed by atoms with E-state index < -0.39 is 18.2 Å². The molecule has 0 bridgehead atoms. The topological polar surface area (TPSA) is 99.3 Å². The van der Waals surface area contributed by atoms with Crippen LogP contribution in [0.3, 0.4) is 0 Å². The number of benzene rings is 3. The van der Waals surface area contributed by atoms with Gasteiger partial charge >= 0.3 is 6.03 Å². The normalized spacial score (nSPS) is 18.6. The second-order valence-electron chi connectivity index (χ2n) is 10.5. The van der Waals surface area contributed by atoms with Crippen molar-refractivity contribution in [1.29, 1.82) is 0 Å². The zero-order valence-corrected chi connectivity index (χ0v) is 23.4. The number of nitrogens with one attached hydrogen (secondary N) is 1. The Morgan fingerprint density at radius 1 is 0.976 bits per heavy atom. The van der Waals surface area contributed by atoms with E-state index in [-0.39, 0.29) is 62.7 Å². The molecule has 1 N–H and O–H groups in total. The summed E-state index contributed by atoms with van der Waals surface area (Å²) in [4.78, 5) is 56.8. The maximum absolute atomic E-state index is 13.8. The molecule has 0 aromatic heterocycles. The smallest absolute Gasteiger partial charge is 0.323 e. The fourth-order valence-electron chi connectivity index (χ4n) is 5.39. The monoisotopic (exact) mass is 572 g/mol. The molecule has 3 aromatic carbocycles. The number of fused-ring (bicyclic) bond motifs is 1. The molecule has 0 aliphatic carbocycles. The predicted octanol–water partition coefficient (Wildman–Crippen LogP) is 4.09. The highest BCUT2D eigenvalue weighted by Crippen LogP contribution is 2.27. The maximum Gasteiger partial charge on any atom is 0.323 e. The van der Waals surface area contributed by atoms with E-state index in [4.69, 9.17) is 4.74 Å². The van der Waals surface area contributed by atoms with Crippen LogP contribution >= 0.6 is 0 Å². The molecule has 3 aromatic rings. The molecule has 0 spiro atoms. The summed E-state index contributed by atoms with van der Waals surface area (Å²) < 4.78 is 19.7. The predicted molar refractivity (Wildman–Crippen MR) is 154 cm³/mol. The molecule has 2 fully saturated rings. The van der Waals surface area contributed by atoms with Crippen molar-refractivity contribution in [2.24, 2.45) is 0 Å². The van der Waals surface area contributed by atoms with Gasteiger partial charge in [-0.2, -0.15) is 0 Å². The van der Waals surface area contributed by atoms with Crippen molar-refractivity contribution in [2.45, 2.75) is 38.6 Å². The largest absolute Gasteiger partial charge is 0.374 e. The first-order valence-electron chi connectivity index (χ1n) is 13.9. The van der Waals surface area contributed by atoms with Crippen LogP contribution in [-0.2, 0) is 27.4 Å². The van der Waals surface area contributed by atoms with Crippen LogP contribution < -0.4 is 5.32 Å². The van der Waals surface area contributed by atoms with E-state index in [2.05, 4.69) is 5.32 Å². The SMILES string of the molecule is CC(=O)c1ccc(NC(=O)N2CCC(=O)N3[C@@H]2CN(CCc2cccc(F)c2)C(=O)[C@@H]3COCc2ccccc2)cc1. The standard InChI is InChI=1S/C32H33FN4O5/c1-22(38)25-10-12-27(13-11-25)34-32(41)36-17-15-30(39)37-28(21-42-20-24-6-3-2-4-7-24)31(40)35(19-29(36)37)16-14-23-8-5-9-26(33)18-23/h2-13,18,28-29H,14-17,19-21H2,1H3,(H,34,41)/t28-,29+/m0/s1. The first-order chi connectivity index (χ1) is 20.3. The van der Waals surface area contributed by atoms with Crippen LogP contribution in [0.5, 0.6) is 0 Å². The first-order valence-corrected chi connectivity index (χ1v) is 13.9. The van der Waals surface area contributed by atoms with Crippen molar-refractivity contribution in [1.82, 2.24) is 14.7 Å². The Hall–Kier alpha value is -4.57. The molecule has 10 heteroatoms. The molecule has 42 heavy (non-hydrogen) atoms. The summed E-state index contributed by atoms with van der Waals surface area (Å²) in [6.07, 6.45) is -0.228. The molecule has 2 atom stereocenters. The third-order valence-electron chi connectivity index (χ3n) is 7.60. The number of carbonyl (C=O) groups excluding carboxylic acids is 4. The molecule has 2 aliphatic heterocycles. The Labute approximate surface area is 243 Å². The second kappa shape index (κ2) is 12.9. The van der Waals surface area contributed by atoms with Crippen molar-refractivity contribution < 1.29 is 28.3 Å². The number of piperazine rings is 1. The van der Waals surface area contributed by atoms with E-state index in [1.807, 2.05) is 30.3 Å². The van der Waals surface area contributed by atoms with E-state index in [0.717, 1.165) is 11.1 Å². The number of hydrogen-bond acceptors (Lipinski definition) is 5. The number of rotatable bonds is 9. The average Bonchev–Trinajstić information content (AvgIpc) is 2.98. The van der Waals surface area contributed by atoms with Gasteiger partial charge < -0.3 is 24.8 Å². The Balaban J connectivity index is 1.36. The van der Waals surface area contributed by atoms with Crippen LogP contribution in [0, 0.1) is 5.82 Å². The lowest BCUT2D eigenvalue weighted by atomic mass is 10.0. The van der Waals surface area contributed by atoms with Crippen molar-refractivity contribution in [2.75, 3.05) is 31.6 Å². The van der Waals surface area contributed by atoms with E-state index in [1.165, 1.54) is 24.0 Å². The van der Waals surface area contributed by atoms with Crippen LogP contribution in [0.2, 0.25) is 0 Å². The van der Waals surface area contributed by atoms with E-state index >= 15 is 0 Å². The molecule has 0 radical (unpaired) electrons. The highest BCUT2D eigenvalue weighted by Gasteiger charge is 2.48. The lowest BCUT2D eigenvalue weighted by Gasteiger charge is -2.52. The van der Waals surface area contributed by atoms with Gasteiger partial charge in [0.1, 0.15) is 18.0 Å². The minimum absolute atomic E-state index is 0.0333.